The smallest absolute Gasteiger partial charge is 0.363 e. The van der Waals surface area contributed by atoms with E-state index in [1.165, 1.54) is 6.08 Å². The van der Waals surface area contributed by atoms with Crippen molar-refractivity contribution in [1.29, 1.82) is 0 Å². The quantitative estimate of drug-likeness (QED) is 0.133. The maximum atomic E-state index is 12.2. The van der Waals surface area contributed by atoms with Crippen LogP contribution >= 0.6 is 22.6 Å². The summed E-state index contributed by atoms with van der Waals surface area (Å²) in [5.74, 6) is -0.346. The lowest BCUT2D eigenvalue weighted by Crippen LogP contribution is -2.05. The van der Waals surface area contributed by atoms with Crippen LogP contribution in [0.4, 0.5) is 11.4 Å². The van der Waals surface area contributed by atoms with Crippen LogP contribution in [0.15, 0.2) is 77.4 Å². The van der Waals surface area contributed by atoms with Crippen molar-refractivity contribution in [1.82, 2.24) is 0 Å². The fourth-order valence-corrected chi connectivity index (χ4v) is 3.29. The Bertz CT molecular complexity index is 1350. The maximum absolute atomic E-state index is 12.2. The number of nitro benzene ring substituents is 2. The highest BCUT2D eigenvalue weighted by molar-refractivity contribution is 14.1. The minimum atomic E-state index is -0.760. The van der Waals surface area contributed by atoms with Crippen LogP contribution in [-0.2, 0) is 9.53 Å². The number of ether oxygens (including phenoxy) is 2. The number of rotatable bonds is 6. The van der Waals surface area contributed by atoms with E-state index in [1.807, 2.05) is 12.1 Å². The van der Waals surface area contributed by atoms with E-state index in [-0.39, 0.29) is 23.1 Å². The minimum Gasteiger partial charge on any atom is -0.450 e. The summed E-state index contributed by atoms with van der Waals surface area (Å²) >= 11 is 2.17. The second-order valence-corrected chi connectivity index (χ2v) is 7.93. The van der Waals surface area contributed by atoms with Gasteiger partial charge in [-0.15, -0.1) is 0 Å². The normalized spacial score (nSPS) is 14.0. The van der Waals surface area contributed by atoms with Gasteiger partial charge >= 0.3 is 11.7 Å². The average molecular weight is 557 g/mol. The van der Waals surface area contributed by atoms with Crippen molar-refractivity contribution in [2.24, 2.45) is 4.99 Å². The predicted octanol–water partition coefficient (Wildman–Crippen LogP) is 5.24. The number of carbonyl (C=O) groups is 1. The molecule has 0 amide bonds. The van der Waals surface area contributed by atoms with E-state index in [0.29, 0.717) is 11.1 Å². The van der Waals surface area contributed by atoms with Gasteiger partial charge < -0.3 is 9.47 Å². The number of carbonyl (C=O) groups excluding carboxylic acids is 1. The Kier molecular flexibility index (Phi) is 6.13. The molecule has 3 aromatic rings. The molecule has 10 nitrogen and oxygen atoms in total. The zero-order valence-electron chi connectivity index (χ0n) is 16.5. The van der Waals surface area contributed by atoms with Crippen molar-refractivity contribution in [3.63, 3.8) is 0 Å². The van der Waals surface area contributed by atoms with Crippen molar-refractivity contribution in [3.8, 4) is 11.5 Å². The van der Waals surface area contributed by atoms with Crippen molar-refractivity contribution < 1.29 is 24.1 Å². The first-order valence-corrected chi connectivity index (χ1v) is 10.4. The summed E-state index contributed by atoms with van der Waals surface area (Å²) in [6.07, 6.45) is 1.50. The van der Waals surface area contributed by atoms with Crippen molar-refractivity contribution in [2.45, 2.75) is 0 Å². The highest BCUT2D eigenvalue weighted by Gasteiger charge is 2.24. The summed E-state index contributed by atoms with van der Waals surface area (Å²) in [6.45, 7) is 0. The van der Waals surface area contributed by atoms with E-state index in [4.69, 9.17) is 9.47 Å². The highest BCUT2D eigenvalue weighted by atomic mass is 127. The van der Waals surface area contributed by atoms with E-state index in [9.17, 15) is 25.0 Å². The number of non-ortho nitro benzene ring substituents is 1. The van der Waals surface area contributed by atoms with Gasteiger partial charge in [-0.25, -0.2) is 9.79 Å². The van der Waals surface area contributed by atoms with Crippen LogP contribution in [0.2, 0.25) is 0 Å². The molecular weight excluding hydrogens is 545 g/mol. The number of esters is 1. The van der Waals surface area contributed by atoms with E-state index < -0.39 is 27.2 Å². The molecule has 0 unspecified atom stereocenters. The molecule has 11 heteroatoms. The summed E-state index contributed by atoms with van der Waals surface area (Å²) in [6, 6.07) is 16.8. The number of halogens is 1. The molecule has 0 fully saturated rings. The lowest BCUT2D eigenvalue weighted by molar-refractivity contribution is -0.394. The van der Waals surface area contributed by atoms with Crippen LogP contribution in [0.25, 0.3) is 6.08 Å². The minimum absolute atomic E-state index is 0.0852. The van der Waals surface area contributed by atoms with Gasteiger partial charge in [-0.05, 0) is 76.7 Å². The third-order valence-electron chi connectivity index (χ3n) is 4.45. The summed E-state index contributed by atoms with van der Waals surface area (Å²) in [5, 5.41) is 22.2. The summed E-state index contributed by atoms with van der Waals surface area (Å²) in [4.78, 5) is 37.2. The molecule has 0 saturated carbocycles. The molecule has 0 aliphatic carbocycles. The molecule has 0 atom stereocenters. The largest absolute Gasteiger partial charge is 0.450 e. The molecule has 1 aliphatic heterocycles. The van der Waals surface area contributed by atoms with Gasteiger partial charge in [0.15, 0.2) is 5.70 Å². The molecule has 1 heterocycles. The Morgan fingerprint density at radius 3 is 2.42 bits per heavy atom. The second kappa shape index (κ2) is 9.16. The van der Waals surface area contributed by atoms with Crippen LogP contribution in [0.3, 0.4) is 0 Å². The molecule has 33 heavy (non-hydrogen) atoms. The van der Waals surface area contributed by atoms with Crippen molar-refractivity contribution in [3.05, 3.63) is 107 Å². The Morgan fingerprint density at radius 1 is 0.970 bits per heavy atom. The number of hydrogen-bond acceptors (Lipinski definition) is 8. The van der Waals surface area contributed by atoms with Crippen molar-refractivity contribution >= 4 is 51.9 Å². The first-order chi connectivity index (χ1) is 15.8. The number of nitro groups is 2. The van der Waals surface area contributed by atoms with E-state index in [1.54, 1.807) is 36.4 Å². The molecule has 0 N–H and O–H groups in total. The molecule has 0 spiro atoms. The Balaban J connectivity index is 1.61. The van der Waals surface area contributed by atoms with E-state index in [2.05, 4.69) is 27.6 Å². The summed E-state index contributed by atoms with van der Waals surface area (Å²) in [7, 11) is 0. The van der Waals surface area contributed by atoms with Crippen LogP contribution in [0, 0.1) is 23.8 Å². The molecule has 1 aliphatic rings. The van der Waals surface area contributed by atoms with Gasteiger partial charge in [-0.2, -0.15) is 0 Å². The van der Waals surface area contributed by atoms with Gasteiger partial charge in [0.25, 0.3) is 5.69 Å². The van der Waals surface area contributed by atoms with Crippen LogP contribution in [-0.4, -0.2) is 21.7 Å². The van der Waals surface area contributed by atoms with Crippen LogP contribution in [0.1, 0.15) is 11.1 Å². The van der Waals surface area contributed by atoms with Crippen LogP contribution < -0.4 is 4.74 Å². The molecule has 0 saturated heterocycles. The van der Waals surface area contributed by atoms with E-state index in [0.717, 1.165) is 21.8 Å². The Labute approximate surface area is 199 Å². The van der Waals surface area contributed by atoms with Gasteiger partial charge in [0.2, 0.25) is 11.6 Å². The Hall–Kier alpha value is -4.13. The lowest BCUT2D eigenvalue weighted by atomic mass is 10.2. The zero-order valence-corrected chi connectivity index (χ0v) is 18.7. The van der Waals surface area contributed by atoms with Gasteiger partial charge in [-0.1, -0.05) is 12.1 Å². The number of hydrogen-bond donors (Lipinski definition) is 0. The first kappa shape index (κ1) is 22.1. The molecule has 0 radical (unpaired) electrons. The SMILES string of the molecule is O=C1OC(c2ccc(I)cc2)=N/C1=C\c1cccc(Oc2ccc([N+](=O)[O-])cc2[N+](=O)[O-])c1. The average Bonchev–Trinajstić information content (AvgIpc) is 3.14. The molecule has 3 aromatic carbocycles. The van der Waals surface area contributed by atoms with Crippen LogP contribution in [0.5, 0.6) is 11.5 Å². The second-order valence-electron chi connectivity index (χ2n) is 6.68. The topological polar surface area (TPSA) is 134 Å². The number of benzene rings is 3. The molecule has 0 aromatic heterocycles. The first-order valence-electron chi connectivity index (χ1n) is 9.29. The number of aliphatic imine (C=N–C) groups is 1. The summed E-state index contributed by atoms with van der Waals surface area (Å²) < 4.78 is 11.9. The fraction of sp³-hybridized carbons (Fsp3) is 0. The maximum Gasteiger partial charge on any atom is 0.363 e. The van der Waals surface area contributed by atoms with Gasteiger partial charge in [0, 0.05) is 15.2 Å². The fourth-order valence-electron chi connectivity index (χ4n) is 2.93. The molecule has 4 rings (SSSR count). The van der Waals surface area contributed by atoms with E-state index >= 15 is 0 Å². The highest BCUT2D eigenvalue weighted by Crippen LogP contribution is 2.34. The third kappa shape index (κ3) is 5.03. The van der Waals surface area contributed by atoms with Gasteiger partial charge in [-0.3, -0.25) is 20.2 Å². The predicted molar refractivity (Wildman–Crippen MR) is 126 cm³/mol. The third-order valence-corrected chi connectivity index (χ3v) is 5.17. The van der Waals surface area contributed by atoms with Gasteiger partial charge in [0.1, 0.15) is 5.75 Å². The van der Waals surface area contributed by atoms with Crippen molar-refractivity contribution in [2.75, 3.05) is 0 Å². The monoisotopic (exact) mass is 557 g/mol. The van der Waals surface area contributed by atoms with Gasteiger partial charge in [0.05, 0.1) is 15.9 Å². The molecule has 0 bridgehead atoms. The lowest BCUT2D eigenvalue weighted by Gasteiger charge is -2.07. The Morgan fingerprint density at radius 2 is 1.73 bits per heavy atom. The number of cyclic esters (lactones) is 1. The number of nitrogens with zero attached hydrogens (tertiary/aromatic N) is 3. The zero-order chi connectivity index (χ0) is 23.5. The molecular formula is C22H12IN3O7. The standard InChI is InChI=1S/C22H12IN3O7/c23-15-6-4-14(5-7-15)21-24-18(22(27)33-21)11-13-2-1-3-17(10-13)32-20-9-8-16(25(28)29)12-19(20)26(30)31/h1-12H/b18-11-. The molecule has 164 valence electrons. The summed E-state index contributed by atoms with van der Waals surface area (Å²) in [5.41, 5.74) is 0.321.